The second-order valence-electron chi connectivity index (χ2n) is 2.88. The van der Waals surface area contributed by atoms with E-state index in [1.54, 1.807) is 11.3 Å². The van der Waals surface area contributed by atoms with Crippen LogP contribution in [0.4, 0.5) is 0 Å². The van der Waals surface area contributed by atoms with Crippen molar-refractivity contribution in [1.82, 2.24) is 0 Å². The van der Waals surface area contributed by atoms with Crippen molar-refractivity contribution in [3.8, 4) is 5.06 Å². The van der Waals surface area contributed by atoms with Crippen LogP contribution < -0.4 is 4.65 Å². The molecule has 2 aromatic rings. The van der Waals surface area contributed by atoms with E-state index >= 15 is 0 Å². The Hall–Kier alpha value is -0.995. The van der Waals surface area contributed by atoms with Gasteiger partial charge in [-0.3, -0.25) is 0 Å². The van der Waals surface area contributed by atoms with Gasteiger partial charge in [-0.25, -0.2) is 0 Å². The number of thiophene rings is 1. The highest BCUT2D eigenvalue weighted by Crippen LogP contribution is 2.31. The minimum atomic E-state index is -0.258. The largest absolute Gasteiger partial charge is 0.531 e. The first-order valence-electron chi connectivity index (χ1n) is 4.03. The molecule has 0 saturated heterocycles. The molecule has 0 saturated carbocycles. The van der Waals surface area contributed by atoms with Crippen LogP contribution in [0.25, 0.3) is 10.1 Å². The summed E-state index contributed by atoms with van der Waals surface area (Å²) in [6, 6.07) is 8.18. The molecule has 13 heavy (non-hydrogen) atoms. The van der Waals surface area contributed by atoms with E-state index in [4.69, 9.17) is 9.68 Å². The third-order valence-electron chi connectivity index (χ3n) is 1.86. The molecule has 0 bridgehead atoms. The van der Waals surface area contributed by atoms with Gasteiger partial charge in [0.15, 0.2) is 5.06 Å². The average molecular weight is 192 g/mol. The summed E-state index contributed by atoms with van der Waals surface area (Å²) in [5.74, 6) is 0. The van der Waals surface area contributed by atoms with Crippen molar-refractivity contribution in [3.63, 3.8) is 0 Å². The van der Waals surface area contributed by atoms with Crippen molar-refractivity contribution < 1.29 is 9.68 Å². The molecule has 1 aromatic heterocycles. The summed E-state index contributed by atoms with van der Waals surface area (Å²) in [5, 5.41) is 10.5. The molecule has 0 unspecified atom stereocenters. The van der Waals surface area contributed by atoms with Crippen molar-refractivity contribution in [2.45, 2.75) is 6.92 Å². The Morgan fingerprint density at radius 2 is 2.23 bits per heavy atom. The SMILES string of the molecule is Cc1ccc2cc(OBO)sc2c1. The Bertz CT molecular complexity index is 424. The second kappa shape index (κ2) is 3.40. The smallest absolute Gasteiger partial charge is 0.504 e. The van der Waals surface area contributed by atoms with Gasteiger partial charge in [0.1, 0.15) is 0 Å². The molecular formula is C9H9BO2S. The van der Waals surface area contributed by atoms with Gasteiger partial charge in [-0.15, -0.1) is 11.3 Å². The lowest BCUT2D eigenvalue weighted by molar-refractivity contribution is 0.461. The lowest BCUT2D eigenvalue weighted by Crippen LogP contribution is -1.97. The third-order valence-corrected chi connectivity index (χ3v) is 2.87. The highest BCUT2D eigenvalue weighted by Gasteiger charge is 2.01. The predicted octanol–water partition coefficient (Wildman–Crippen LogP) is 1.85. The van der Waals surface area contributed by atoms with Crippen molar-refractivity contribution >= 4 is 29.1 Å². The van der Waals surface area contributed by atoms with E-state index < -0.39 is 0 Å². The Labute approximate surface area is 81.1 Å². The Balaban J connectivity index is 2.49. The second-order valence-corrected chi connectivity index (χ2v) is 3.93. The summed E-state index contributed by atoms with van der Waals surface area (Å²) < 4.78 is 6.20. The standard InChI is InChI=1S/C9H9BO2S/c1-6-2-3-7-5-9(12-10-11)13-8(7)4-6/h2-5,10-11H,1H3. The first-order valence-corrected chi connectivity index (χ1v) is 4.85. The van der Waals surface area contributed by atoms with Gasteiger partial charge in [-0.05, 0) is 30.0 Å². The van der Waals surface area contributed by atoms with Gasteiger partial charge in [-0.2, -0.15) is 0 Å². The quantitative estimate of drug-likeness (QED) is 0.735. The van der Waals surface area contributed by atoms with E-state index in [1.165, 1.54) is 15.6 Å². The van der Waals surface area contributed by atoms with Gasteiger partial charge >= 0.3 is 7.69 Å². The van der Waals surface area contributed by atoms with Crippen LogP contribution in [0.1, 0.15) is 5.56 Å². The van der Waals surface area contributed by atoms with E-state index in [2.05, 4.69) is 25.1 Å². The minimum absolute atomic E-state index is 0.258. The topological polar surface area (TPSA) is 29.5 Å². The Morgan fingerprint density at radius 1 is 1.38 bits per heavy atom. The summed E-state index contributed by atoms with van der Waals surface area (Å²) in [5.41, 5.74) is 1.24. The number of fused-ring (bicyclic) bond motifs is 1. The summed E-state index contributed by atoms with van der Waals surface area (Å²) in [4.78, 5) is 0. The van der Waals surface area contributed by atoms with Gasteiger partial charge in [0.25, 0.3) is 0 Å². The number of hydrogen-bond acceptors (Lipinski definition) is 3. The van der Waals surface area contributed by atoms with E-state index in [0.717, 1.165) is 5.06 Å². The number of hydrogen-bond donors (Lipinski definition) is 1. The molecule has 1 aromatic carbocycles. The Kier molecular flexibility index (Phi) is 2.25. The minimum Gasteiger partial charge on any atom is -0.531 e. The maximum Gasteiger partial charge on any atom is 0.504 e. The van der Waals surface area contributed by atoms with Gasteiger partial charge < -0.3 is 9.68 Å². The highest BCUT2D eigenvalue weighted by atomic mass is 32.1. The number of rotatable bonds is 2. The molecule has 1 N–H and O–H groups in total. The summed E-state index contributed by atoms with van der Waals surface area (Å²) in [7, 11) is -0.258. The van der Waals surface area contributed by atoms with Gasteiger partial charge in [0, 0.05) is 4.70 Å². The van der Waals surface area contributed by atoms with E-state index in [1.807, 2.05) is 6.07 Å². The van der Waals surface area contributed by atoms with Crippen LogP contribution >= 0.6 is 11.3 Å². The van der Waals surface area contributed by atoms with Crippen LogP contribution in [0.5, 0.6) is 5.06 Å². The van der Waals surface area contributed by atoms with E-state index in [0.29, 0.717) is 0 Å². The van der Waals surface area contributed by atoms with Crippen LogP contribution in [0.3, 0.4) is 0 Å². The maximum atomic E-state index is 8.58. The van der Waals surface area contributed by atoms with Crippen molar-refractivity contribution in [2.75, 3.05) is 0 Å². The van der Waals surface area contributed by atoms with Gasteiger partial charge in [0.05, 0.1) is 0 Å². The maximum absolute atomic E-state index is 8.58. The molecular weight excluding hydrogens is 183 g/mol. The molecule has 0 radical (unpaired) electrons. The normalized spacial score (nSPS) is 10.3. The van der Waals surface area contributed by atoms with Gasteiger partial charge in [0.2, 0.25) is 0 Å². The van der Waals surface area contributed by atoms with Crippen molar-refractivity contribution in [2.24, 2.45) is 0 Å². The molecule has 1 heterocycles. The fourth-order valence-corrected chi connectivity index (χ4v) is 2.25. The lowest BCUT2D eigenvalue weighted by atomic mass is 10.2. The zero-order valence-corrected chi connectivity index (χ0v) is 8.10. The van der Waals surface area contributed by atoms with E-state index in [9.17, 15) is 0 Å². The Morgan fingerprint density at radius 3 is 3.00 bits per heavy atom. The molecule has 0 spiro atoms. The lowest BCUT2D eigenvalue weighted by Gasteiger charge is -1.92. The molecule has 0 aliphatic heterocycles. The fraction of sp³-hybridized carbons (Fsp3) is 0.111. The summed E-state index contributed by atoms with van der Waals surface area (Å²) >= 11 is 1.55. The summed E-state index contributed by atoms with van der Waals surface area (Å²) in [6.45, 7) is 2.06. The van der Waals surface area contributed by atoms with Crippen LogP contribution in [-0.4, -0.2) is 12.7 Å². The highest BCUT2D eigenvalue weighted by molar-refractivity contribution is 7.20. The summed E-state index contributed by atoms with van der Waals surface area (Å²) in [6.07, 6.45) is 0. The molecule has 0 aliphatic rings. The predicted molar refractivity (Wildman–Crippen MR) is 56.6 cm³/mol. The third kappa shape index (κ3) is 1.69. The number of benzene rings is 1. The van der Waals surface area contributed by atoms with Crippen molar-refractivity contribution in [3.05, 3.63) is 29.8 Å². The van der Waals surface area contributed by atoms with Crippen LogP contribution in [-0.2, 0) is 0 Å². The molecule has 4 heteroatoms. The molecule has 66 valence electrons. The average Bonchev–Trinajstić information content (AvgIpc) is 2.46. The monoisotopic (exact) mass is 192 g/mol. The van der Waals surface area contributed by atoms with Gasteiger partial charge in [-0.1, -0.05) is 12.1 Å². The molecule has 0 atom stereocenters. The molecule has 0 aliphatic carbocycles. The van der Waals surface area contributed by atoms with Crippen LogP contribution in [0.2, 0.25) is 0 Å². The fourth-order valence-electron chi connectivity index (χ4n) is 1.25. The van der Waals surface area contributed by atoms with Crippen LogP contribution in [0.15, 0.2) is 24.3 Å². The first-order chi connectivity index (χ1) is 6.29. The van der Waals surface area contributed by atoms with Crippen LogP contribution in [0, 0.1) is 6.92 Å². The molecule has 0 fully saturated rings. The van der Waals surface area contributed by atoms with Crippen molar-refractivity contribution in [1.29, 1.82) is 0 Å². The first kappa shape index (κ1) is 8.60. The van der Waals surface area contributed by atoms with E-state index in [-0.39, 0.29) is 7.69 Å². The zero-order chi connectivity index (χ0) is 9.26. The molecule has 0 amide bonds. The molecule has 2 rings (SSSR count). The zero-order valence-electron chi connectivity index (χ0n) is 7.28. The molecule has 2 nitrogen and oxygen atoms in total. The number of aryl methyl sites for hydroxylation is 1.